The maximum absolute atomic E-state index is 12.3. The van der Waals surface area contributed by atoms with E-state index in [2.05, 4.69) is 20.3 Å². The van der Waals surface area contributed by atoms with Crippen molar-refractivity contribution < 1.29 is 8.95 Å². The number of hydrogen-bond donors (Lipinski definition) is 1. The molecule has 1 aromatic carbocycles. The van der Waals surface area contributed by atoms with E-state index in [1.54, 1.807) is 11.7 Å². The highest BCUT2D eigenvalue weighted by atomic mass is 32.2. The Hall–Kier alpha value is -2.19. The molecule has 2 heterocycles. The molecule has 0 radical (unpaired) electrons. The molecule has 7 nitrogen and oxygen atoms in total. The average Bonchev–Trinajstić information content (AvgIpc) is 3.12. The van der Waals surface area contributed by atoms with Crippen molar-refractivity contribution in [2.75, 3.05) is 39.0 Å². The largest absolute Gasteiger partial charge is 0.370 e. The van der Waals surface area contributed by atoms with Crippen LogP contribution in [0, 0.1) is 0 Å². The van der Waals surface area contributed by atoms with Crippen molar-refractivity contribution in [3.63, 3.8) is 0 Å². The van der Waals surface area contributed by atoms with E-state index < -0.39 is 10.8 Å². The highest BCUT2D eigenvalue weighted by Gasteiger charge is 2.25. The summed E-state index contributed by atoms with van der Waals surface area (Å²) in [6, 6.07) is 9.94. The lowest BCUT2D eigenvalue weighted by Gasteiger charge is -2.34. The second-order valence-corrected chi connectivity index (χ2v) is 8.08. The third-order valence-electron chi connectivity index (χ3n) is 4.46. The number of benzene rings is 1. The Morgan fingerprint density at radius 1 is 1.41 bits per heavy atom. The number of nitrogens with zero attached hydrogens (tertiary/aromatic N) is 4. The maximum Gasteiger partial charge on any atom is 0.193 e. The monoisotopic (exact) mass is 389 g/mol. The van der Waals surface area contributed by atoms with Gasteiger partial charge in [0.15, 0.2) is 5.96 Å². The van der Waals surface area contributed by atoms with Crippen molar-refractivity contribution in [2.45, 2.75) is 11.9 Å². The van der Waals surface area contributed by atoms with Gasteiger partial charge < -0.3 is 15.0 Å². The molecule has 1 N–H and O–H groups in total. The van der Waals surface area contributed by atoms with Gasteiger partial charge in [-0.25, -0.2) is 0 Å². The van der Waals surface area contributed by atoms with Crippen LogP contribution in [0.2, 0.25) is 0 Å². The quantitative estimate of drug-likeness (QED) is 0.596. The van der Waals surface area contributed by atoms with Gasteiger partial charge in [-0.15, -0.1) is 0 Å². The van der Waals surface area contributed by atoms with Gasteiger partial charge in [0, 0.05) is 61.3 Å². The number of aryl methyl sites for hydroxylation is 1. The van der Waals surface area contributed by atoms with Gasteiger partial charge in [-0.3, -0.25) is 13.9 Å². The molecule has 3 rings (SSSR count). The van der Waals surface area contributed by atoms with Crippen LogP contribution in [-0.2, 0) is 28.3 Å². The number of aromatic nitrogens is 2. The smallest absolute Gasteiger partial charge is 0.193 e. The molecule has 0 spiro atoms. The Morgan fingerprint density at radius 2 is 2.22 bits per heavy atom. The Bertz CT molecular complexity index is 777. The molecule has 1 saturated heterocycles. The first-order valence-electron chi connectivity index (χ1n) is 9.10. The lowest BCUT2D eigenvalue weighted by Crippen LogP contribution is -2.48. The van der Waals surface area contributed by atoms with Crippen molar-refractivity contribution in [3.8, 4) is 0 Å². The number of guanidine groups is 1. The first kappa shape index (κ1) is 19.6. The van der Waals surface area contributed by atoms with E-state index in [-0.39, 0.29) is 6.10 Å². The van der Waals surface area contributed by atoms with Gasteiger partial charge in [-0.1, -0.05) is 30.3 Å². The molecule has 1 aliphatic heterocycles. The average molecular weight is 390 g/mol. The number of morpholine rings is 1. The summed E-state index contributed by atoms with van der Waals surface area (Å²) in [5, 5.41) is 7.56. The van der Waals surface area contributed by atoms with Crippen LogP contribution in [0.3, 0.4) is 0 Å². The fraction of sp³-hybridized carbons (Fsp3) is 0.474. The summed E-state index contributed by atoms with van der Waals surface area (Å²) in [4.78, 5) is 6.56. The van der Waals surface area contributed by atoms with Crippen molar-refractivity contribution in [1.29, 1.82) is 0 Å². The zero-order valence-electron chi connectivity index (χ0n) is 15.9. The maximum atomic E-state index is 12.3. The minimum Gasteiger partial charge on any atom is -0.370 e. The lowest BCUT2D eigenvalue weighted by molar-refractivity contribution is -0.00798. The van der Waals surface area contributed by atoms with Crippen LogP contribution in [-0.4, -0.2) is 63.9 Å². The summed E-state index contributed by atoms with van der Waals surface area (Å²) in [6.07, 6.45) is 3.81. The van der Waals surface area contributed by atoms with Crippen LogP contribution >= 0.6 is 0 Å². The highest BCUT2D eigenvalue weighted by molar-refractivity contribution is 7.84. The van der Waals surface area contributed by atoms with E-state index in [0.717, 1.165) is 30.2 Å². The molecule has 27 heavy (non-hydrogen) atoms. The molecule has 1 aliphatic rings. The number of nitrogens with one attached hydrogen (secondary N) is 1. The van der Waals surface area contributed by atoms with Gasteiger partial charge in [0.1, 0.15) is 6.10 Å². The van der Waals surface area contributed by atoms with Crippen molar-refractivity contribution in [1.82, 2.24) is 20.0 Å². The minimum atomic E-state index is -0.900. The van der Waals surface area contributed by atoms with Crippen molar-refractivity contribution in [3.05, 3.63) is 53.9 Å². The molecule has 8 heteroatoms. The van der Waals surface area contributed by atoms with Crippen LogP contribution in [0.15, 0.2) is 47.7 Å². The van der Waals surface area contributed by atoms with E-state index in [0.29, 0.717) is 24.7 Å². The summed E-state index contributed by atoms with van der Waals surface area (Å²) in [7, 11) is 2.78. The predicted molar refractivity (Wildman–Crippen MR) is 108 cm³/mol. The van der Waals surface area contributed by atoms with Gasteiger partial charge in [-0.05, 0) is 5.56 Å². The standard InChI is InChI=1S/C19H27N5O2S/c1-20-19(21-8-11-27(25)15-16-6-4-3-5-7-16)24-9-10-26-18(14-24)17-12-22-23(2)13-17/h3-7,12-13,18H,8-11,14-15H2,1-2H3,(H,20,21). The minimum absolute atomic E-state index is 0.0155. The van der Waals surface area contributed by atoms with Crippen molar-refractivity contribution in [2.24, 2.45) is 12.0 Å². The molecule has 1 fully saturated rings. The van der Waals surface area contributed by atoms with E-state index in [1.807, 2.05) is 49.8 Å². The Balaban J connectivity index is 1.47. The summed E-state index contributed by atoms with van der Waals surface area (Å²) in [5.41, 5.74) is 2.18. The molecule has 2 aromatic rings. The predicted octanol–water partition coefficient (Wildman–Crippen LogP) is 1.32. The Kier molecular flexibility index (Phi) is 7.00. The second-order valence-electron chi connectivity index (χ2n) is 6.50. The fourth-order valence-corrected chi connectivity index (χ4v) is 4.13. The lowest BCUT2D eigenvalue weighted by atomic mass is 10.1. The number of rotatable bonds is 6. The zero-order chi connectivity index (χ0) is 19.1. The summed E-state index contributed by atoms with van der Waals surface area (Å²) < 4.78 is 20.0. The molecule has 1 aromatic heterocycles. The zero-order valence-corrected chi connectivity index (χ0v) is 16.7. The topological polar surface area (TPSA) is 71.8 Å². The molecular weight excluding hydrogens is 362 g/mol. The highest BCUT2D eigenvalue weighted by Crippen LogP contribution is 2.21. The van der Waals surface area contributed by atoms with Crippen LogP contribution < -0.4 is 5.32 Å². The Labute approximate surface area is 162 Å². The van der Waals surface area contributed by atoms with Gasteiger partial charge >= 0.3 is 0 Å². The van der Waals surface area contributed by atoms with Crippen LogP contribution in [0.4, 0.5) is 0 Å². The first-order valence-corrected chi connectivity index (χ1v) is 10.6. The van der Waals surface area contributed by atoms with E-state index in [9.17, 15) is 4.21 Å². The fourth-order valence-electron chi connectivity index (χ4n) is 3.09. The molecular formula is C19H27N5O2S. The van der Waals surface area contributed by atoms with Gasteiger partial charge in [0.25, 0.3) is 0 Å². The summed E-state index contributed by atoms with van der Waals surface area (Å²) >= 11 is 0. The van der Waals surface area contributed by atoms with E-state index in [1.165, 1.54) is 0 Å². The molecule has 146 valence electrons. The molecule has 0 saturated carbocycles. The number of aliphatic imine (C=N–C) groups is 1. The third-order valence-corrected chi connectivity index (χ3v) is 5.77. The van der Waals surface area contributed by atoms with Crippen molar-refractivity contribution >= 4 is 16.8 Å². The van der Waals surface area contributed by atoms with Crippen LogP contribution in [0.5, 0.6) is 0 Å². The summed E-state index contributed by atoms with van der Waals surface area (Å²) in [5.74, 6) is 2.00. The van der Waals surface area contributed by atoms with Gasteiger partial charge in [0.2, 0.25) is 0 Å². The molecule has 2 atom stereocenters. The molecule has 0 aliphatic carbocycles. The SMILES string of the molecule is CN=C(NCCS(=O)Cc1ccccc1)N1CCOC(c2cnn(C)c2)C1. The van der Waals surface area contributed by atoms with Crippen LogP contribution in [0.25, 0.3) is 0 Å². The second kappa shape index (κ2) is 9.66. The third kappa shape index (κ3) is 5.64. The molecule has 0 amide bonds. The van der Waals surface area contributed by atoms with E-state index >= 15 is 0 Å². The normalized spacial score (nSPS) is 19.1. The number of ether oxygens (including phenoxy) is 1. The number of hydrogen-bond acceptors (Lipinski definition) is 4. The molecule has 2 unspecified atom stereocenters. The first-order chi connectivity index (χ1) is 13.2. The van der Waals surface area contributed by atoms with Crippen LogP contribution in [0.1, 0.15) is 17.2 Å². The van der Waals surface area contributed by atoms with E-state index in [4.69, 9.17) is 4.74 Å². The Morgan fingerprint density at radius 3 is 2.93 bits per heavy atom. The summed E-state index contributed by atoms with van der Waals surface area (Å²) in [6.45, 7) is 2.77. The molecule has 0 bridgehead atoms. The van der Waals surface area contributed by atoms with Gasteiger partial charge in [-0.2, -0.15) is 5.10 Å². The van der Waals surface area contributed by atoms with Gasteiger partial charge in [0.05, 0.1) is 19.3 Å².